The van der Waals surface area contributed by atoms with Gasteiger partial charge in [0.25, 0.3) is 11.7 Å². The molecule has 0 bridgehead atoms. The number of thioether (sulfide) groups is 1. The number of nitrogens with zero attached hydrogens (tertiary/aromatic N) is 1. The molecule has 1 N–H and O–H groups in total. The molecule has 7 nitrogen and oxygen atoms in total. The van der Waals surface area contributed by atoms with Crippen molar-refractivity contribution in [2.24, 2.45) is 0 Å². The van der Waals surface area contributed by atoms with Crippen LogP contribution in [0.4, 0.5) is 14.5 Å². The smallest absolute Gasteiger partial charge is 0.338 e. The van der Waals surface area contributed by atoms with Crippen LogP contribution in [0.1, 0.15) is 27.4 Å². The molecule has 0 aliphatic rings. The van der Waals surface area contributed by atoms with Gasteiger partial charge < -0.3 is 19.3 Å². The first-order valence-corrected chi connectivity index (χ1v) is 10.4. The van der Waals surface area contributed by atoms with E-state index in [9.17, 15) is 18.4 Å². The lowest BCUT2D eigenvalue weighted by molar-refractivity contribution is -0.119. The summed E-state index contributed by atoms with van der Waals surface area (Å²) in [6, 6.07) is 12.4. The average Bonchev–Trinajstić information content (AvgIpc) is 3.09. The third-order valence-corrected chi connectivity index (χ3v) is 5.15. The van der Waals surface area contributed by atoms with Crippen molar-refractivity contribution >= 4 is 29.3 Å². The number of carbonyl (C=O) groups is 2. The number of para-hydroxylation sites is 1. The van der Waals surface area contributed by atoms with E-state index < -0.39 is 24.2 Å². The molecule has 2 aromatic carbocycles. The van der Waals surface area contributed by atoms with Gasteiger partial charge in [0, 0.05) is 4.90 Å². The van der Waals surface area contributed by atoms with Crippen molar-refractivity contribution in [1.29, 1.82) is 0 Å². The predicted octanol–water partition coefficient (Wildman–Crippen LogP) is 4.98. The van der Waals surface area contributed by atoms with Crippen LogP contribution in [0.15, 0.2) is 57.9 Å². The minimum Gasteiger partial charge on any atom is -0.489 e. The molecule has 0 fully saturated rings. The molecule has 0 saturated heterocycles. The Morgan fingerprint density at radius 1 is 1.12 bits per heavy atom. The van der Waals surface area contributed by atoms with Crippen LogP contribution < -0.4 is 10.1 Å². The number of halogens is 2. The van der Waals surface area contributed by atoms with E-state index in [1.807, 2.05) is 6.92 Å². The molecule has 0 unspecified atom stereocenters. The summed E-state index contributed by atoms with van der Waals surface area (Å²) >= 11 is 0.318. The summed E-state index contributed by atoms with van der Waals surface area (Å²) in [6.07, 6.45) is 0. The molecule has 32 heavy (non-hydrogen) atoms. The Balaban J connectivity index is 1.50. The van der Waals surface area contributed by atoms with Gasteiger partial charge in [-0.25, -0.2) is 4.79 Å². The van der Waals surface area contributed by atoms with Gasteiger partial charge in [-0.05, 0) is 50.2 Å². The molecule has 0 aliphatic heterocycles. The summed E-state index contributed by atoms with van der Waals surface area (Å²) in [5.74, 6) is -2.75. The second-order valence-electron chi connectivity index (χ2n) is 6.61. The maximum Gasteiger partial charge on any atom is 0.338 e. The third-order valence-electron chi connectivity index (χ3n) is 4.37. The number of carbonyl (C=O) groups excluding carboxylic acids is 2. The van der Waals surface area contributed by atoms with Gasteiger partial charge in [-0.15, -0.1) is 0 Å². The lowest BCUT2D eigenvalue weighted by atomic mass is 10.2. The minimum atomic E-state index is -2.62. The van der Waals surface area contributed by atoms with Crippen molar-refractivity contribution < 1.29 is 32.4 Å². The number of ether oxygens (including phenoxy) is 2. The fraction of sp³-hybridized carbons (Fsp3) is 0.227. The maximum absolute atomic E-state index is 12.6. The lowest BCUT2D eigenvalue weighted by Crippen LogP contribution is -2.21. The molecule has 168 valence electrons. The van der Waals surface area contributed by atoms with Crippen LogP contribution in [0.2, 0.25) is 0 Å². The summed E-state index contributed by atoms with van der Waals surface area (Å²) in [5, 5.41) is 6.33. The Bertz CT molecular complexity index is 1070. The van der Waals surface area contributed by atoms with Crippen LogP contribution >= 0.6 is 11.8 Å². The number of rotatable bonds is 9. The highest BCUT2D eigenvalue weighted by Gasteiger charge is 2.15. The van der Waals surface area contributed by atoms with Crippen LogP contribution in [0.3, 0.4) is 0 Å². The van der Waals surface area contributed by atoms with Crippen molar-refractivity contribution in [3.63, 3.8) is 0 Å². The minimum absolute atomic E-state index is 0.217. The molecule has 0 radical (unpaired) electrons. The van der Waals surface area contributed by atoms with Crippen molar-refractivity contribution in [3.8, 4) is 5.75 Å². The first kappa shape index (κ1) is 23.3. The maximum atomic E-state index is 12.6. The molecule has 3 aromatic rings. The zero-order chi connectivity index (χ0) is 23.1. The second-order valence-corrected chi connectivity index (χ2v) is 7.65. The van der Waals surface area contributed by atoms with E-state index >= 15 is 0 Å². The largest absolute Gasteiger partial charge is 0.489 e. The number of amides is 1. The van der Waals surface area contributed by atoms with Gasteiger partial charge in [0.1, 0.15) is 18.1 Å². The molecule has 0 atom stereocenters. The average molecular weight is 462 g/mol. The Kier molecular flexibility index (Phi) is 7.82. The standard InChI is InChI=1S/C22H20F2N2O5S/c1-13-17(14(2)31-26-13)11-29-16-9-7-15(8-10-16)21(28)30-12-20(27)25-18-5-3-4-6-19(18)32-22(23)24/h3-10,22H,11-12H2,1-2H3,(H,25,27). The molecule has 1 heterocycles. The number of aromatic nitrogens is 1. The normalized spacial score (nSPS) is 10.8. The molecule has 0 saturated carbocycles. The Morgan fingerprint density at radius 2 is 1.84 bits per heavy atom. The van der Waals surface area contributed by atoms with Gasteiger partial charge in [0.15, 0.2) is 6.61 Å². The van der Waals surface area contributed by atoms with E-state index in [0.29, 0.717) is 23.3 Å². The third kappa shape index (κ3) is 6.30. The van der Waals surface area contributed by atoms with Gasteiger partial charge in [-0.3, -0.25) is 4.79 Å². The Hall–Kier alpha value is -3.40. The lowest BCUT2D eigenvalue weighted by Gasteiger charge is -2.11. The highest BCUT2D eigenvalue weighted by Crippen LogP contribution is 2.31. The number of aryl methyl sites for hydroxylation is 2. The van der Waals surface area contributed by atoms with Crippen LogP contribution in [0, 0.1) is 13.8 Å². The van der Waals surface area contributed by atoms with Crippen LogP contribution in [-0.2, 0) is 16.1 Å². The summed E-state index contributed by atoms with van der Waals surface area (Å²) in [5.41, 5.74) is 2.05. The van der Waals surface area contributed by atoms with E-state index in [-0.39, 0.29) is 22.8 Å². The first-order valence-electron chi connectivity index (χ1n) is 9.49. The van der Waals surface area contributed by atoms with E-state index in [1.54, 1.807) is 31.2 Å². The van der Waals surface area contributed by atoms with Gasteiger partial charge in [0.05, 0.1) is 22.5 Å². The molecule has 3 rings (SSSR count). The SMILES string of the molecule is Cc1noc(C)c1COc1ccc(C(=O)OCC(=O)Nc2ccccc2SC(F)F)cc1. The molecule has 1 amide bonds. The number of alkyl halides is 2. The van der Waals surface area contributed by atoms with Crippen LogP contribution in [-0.4, -0.2) is 29.4 Å². The van der Waals surface area contributed by atoms with Crippen molar-refractivity contribution in [2.45, 2.75) is 31.1 Å². The summed E-state index contributed by atoms with van der Waals surface area (Å²) in [6.45, 7) is 3.33. The zero-order valence-corrected chi connectivity index (χ0v) is 18.1. The van der Waals surface area contributed by atoms with Crippen LogP contribution in [0.5, 0.6) is 5.75 Å². The number of anilines is 1. The van der Waals surface area contributed by atoms with E-state index in [1.165, 1.54) is 24.3 Å². The number of hydrogen-bond acceptors (Lipinski definition) is 7. The van der Waals surface area contributed by atoms with Gasteiger partial charge >= 0.3 is 5.97 Å². The zero-order valence-electron chi connectivity index (χ0n) is 17.3. The van der Waals surface area contributed by atoms with Crippen molar-refractivity contribution in [3.05, 3.63) is 71.1 Å². The number of benzene rings is 2. The van der Waals surface area contributed by atoms with Gasteiger partial charge in [-0.1, -0.05) is 29.1 Å². The van der Waals surface area contributed by atoms with Gasteiger partial charge in [-0.2, -0.15) is 8.78 Å². The molecule has 1 aromatic heterocycles. The fourth-order valence-electron chi connectivity index (χ4n) is 2.72. The number of nitrogens with one attached hydrogen (secondary N) is 1. The summed E-state index contributed by atoms with van der Waals surface area (Å²) < 4.78 is 41.0. The highest BCUT2D eigenvalue weighted by atomic mass is 32.2. The quantitative estimate of drug-likeness (QED) is 0.354. The van der Waals surface area contributed by atoms with Crippen LogP contribution in [0.25, 0.3) is 0 Å². The fourth-order valence-corrected chi connectivity index (χ4v) is 3.32. The Morgan fingerprint density at radius 3 is 2.50 bits per heavy atom. The molecule has 0 aliphatic carbocycles. The topological polar surface area (TPSA) is 90.7 Å². The van der Waals surface area contributed by atoms with E-state index in [0.717, 1.165) is 11.3 Å². The van der Waals surface area contributed by atoms with Crippen molar-refractivity contribution in [2.75, 3.05) is 11.9 Å². The van der Waals surface area contributed by atoms with E-state index in [4.69, 9.17) is 14.0 Å². The first-order chi connectivity index (χ1) is 15.3. The summed E-state index contributed by atoms with van der Waals surface area (Å²) in [7, 11) is 0. The van der Waals surface area contributed by atoms with Gasteiger partial charge in [0.2, 0.25) is 0 Å². The molecular formula is C22H20F2N2O5S. The number of hydrogen-bond donors (Lipinski definition) is 1. The summed E-state index contributed by atoms with van der Waals surface area (Å²) in [4.78, 5) is 24.5. The number of esters is 1. The van der Waals surface area contributed by atoms with Crippen molar-refractivity contribution in [1.82, 2.24) is 5.16 Å². The highest BCUT2D eigenvalue weighted by molar-refractivity contribution is 7.99. The predicted molar refractivity (Wildman–Crippen MR) is 114 cm³/mol. The molecular weight excluding hydrogens is 442 g/mol. The molecule has 0 spiro atoms. The second kappa shape index (κ2) is 10.8. The monoisotopic (exact) mass is 462 g/mol. The van der Waals surface area contributed by atoms with E-state index in [2.05, 4.69) is 10.5 Å². The Labute approximate surface area is 187 Å². The molecule has 10 heteroatoms.